The maximum absolute atomic E-state index is 12.6. The Morgan fingerprint density at radius 1 is 1.25 bits per heavy atom. The Morgan fingerprint density at radius 2 is 1.95 bits per heavy atom. The van der Waals surface area contributed by atoms with Gasteiger partial charge in [0.15, 0.2) is 0 Å². The maximum atomic E-state index is 12.6. The SMILES string of the molecule is COc1ccc(Br)c(C(=O)N(C)c2ccccc2N)c1. The minimum atomic E-state index is -0.159. The Hall–Kier alpha value is -2.01. The summed E-state index contributed by atoms with van der Waals surface area (Å²) in [6, 6.07) is 12.5. The predicted molar refractivity (Wildman–Crippen MR) is 84.3 cm³/mol. The van der Waals surface area contributed by atoms with Crippen molar-refractivity contribution < 1.29 is 9.53 Å². The molecule has 2 rings (SSSR count). The molecule has 0 aliphatic heterocycles. The Labute approximate surface area is 126 Å². The molecule has 2 aromatic carbocycles. The molecule has 0 fully saturated rings. The molecule has 1 amide bonds. The molecule has 0 aliphatic carbocycles. The van der Waals surface area contributed by atoms with Crippen molar-refractivity contribution in [3.05, 3.63) is 52.5 Å². The zero-order chi connectivity index (χ0) is 14.7. The summed E-state index contributed by atoms with van der Waals surface area (Å²) in [4.78, 5) is 14.1. The van der Waals surface area contributed by atoms with Crippen molar-refractivity contribution in [1.29, 1.82) is 0 Å². The molecule has 0 radical (unpaired) electrons. The van der Waals surface area contributed by atoms with Gasteiger partial charge in [0.25, 0.3) is 5.91 Å². The molecule has 0 aromatic heterocycles. The number of amides is 1. The molecule has 2 aromatic rings. The van der Waals surface area contributed by atoms with E-state index in [1.807, 2.05) is 12.1 Å². The monoisotopic (exact) mass is 334 g/mol. The fraction of sp³-hybridized carbons (Fsp3) is 0.133. The van der Waals surface area contributed by atoms with E-state index < -0.39 is 0 Å². The van der Waals surface area contributed by atoms with E-state index in [-0.39, 0.29) is 5.91 Å². The number of halogens is 1. The molecule has 4 nitrogen and oxygen atoms in total. The van der Waals surface area contributed by atoms with Crippen LogP contribution in [-0.2, 0) is 0 Å². The molecule has 0 saturated heterocycles. The summed E-state index contributed by atoms with van der Waals surface area (Å²) < 4.78 is 5.87. The minimum absolute atomic E-state index is 0.159. The summed E-state index contributed by atoms with van der Waals surface area (Å²) >= 11 is 3.39. The fourth-order valence-corrected chi connectivity index (χ4v) is 2.29. The van der Waals surface area contributed by atoms with Crippen molar-refractivity contribution in [2.75, 3.05) is 24.8 Å². The zero-order valence-electron chi connectivity index (χ0n) is 11.3. The first-order valence-corrected chi connectivity index (χ1v) is 6.80. The second kappa shape index (κ2) is 5.96. The van der Waals surface area contributed by atoms with Crippen molar-refractivity contribution in [2.45, 2.75) is 0 Å². The van der Waals surface area contributed by atoms with E-state index in [4.69, 9.17) is 10.5 Å². The Kier molecular flexibility index (Phi) is 4.29. The highest BCUT2D eigenvalue weighted by Crippen LogP contribution is 2.27. The molecule has 0 atom stereocenters. The van der Waals surface area contributed by atoms with Crippen LogP contribution in [0.15, 0.2) is 46.9 Å². The molecule has 0 spiro atoms. The minimum Gasteiger partial charge on any atom is -0.497 e. The Morgan fingerprint density at radius 3 is 2.60 bits per heavy atom. The molecule has 0 saturated carbocycles. The first-order valence-electron chi connectivity index (χ1n) is 6.00. The average Bonchev–Trinajstić information content (AvgIpc) is 2.47. The smallest absolute Gasteiger partial charge is 0.259 e. The molecule has 0 heterocycles. The summed E-state index contributed by atoms with van der Waals surface area (Å²) in [5.74, 6) is 0.472. The lowest BCUT2D eigenvalue weighted by Crippen LogP contribution is -2.27. The number of nitrogen functional groups attached to an aromatic ring is 1. The Bertz CT molecular complexity index is 644. The summed E-state index contributed by atoms with van der Waals surface area (Å²) in [6.07, 6.45) is 0. The molecule has 2 N–H and O–H groups in total. The third-order valence-electron chi connectivity index (χ3n) is 3.01. The number of rotatable bonds is 3. The van der Waals surface area contributed by atoms with Crippen molar-refractivity contribution in [2.24, 2.45) is 0 Å². The van der Waals surface area contributed by atoms with Gasteiger partial charge in [0, 0.05) is 11.5 Å². The first-order chi connectivity index (χ1) is 9.54. The Balaban J connectivity index is 2.39. The largest absolute Gasteiger partial charge is 0.497 e. The van der Waals surface area contributed by atoms with Crippen molar-refractivity contribution in [3.8, 4) is 5.75 Å². The van der Waals surface area contributed by atoms with Crippen LogP contribution in [0.3, 0.4) is 0 Å². The van der Waals surface area contributed by atoms with Gasteiger partial charge in [-0.2, -0.15) is 0 Å². The van der Waals surface area contributed by atoms with Gasteiger partial charge in [0.05, 0.1) is 24.0 Å². The quantitative estimate of drug-likeness (QED) is 0.876. The number of methoxy groups -OCH3 is 1. The molecule has 0 bridgehead atoms. The number of para-hydroxylation sites is 2. The van der Waals surface area contributed by atoms with Crippen LogP contribution >= 0.6 is 15.9 Å². The fourth-order valence-electron chi connectivity index (χ4n) is 1.88. The van der Waals surface area contributed by atoms with Gasteiger partial charge in [0.1, 0.15) is 5.75 Å². The highest BCUT2D eigenvalue weighted by Gasteiger charge is 2.18. The standard InChI is InChI=1S/C15H15BrN2O2/c1-18(14-6-4-3-5-13(14)17)15(19)11-9-10(20-2)7-8-12(11)16/h3-9H,17H2,1-2H3. The van der Waals surface area contributed by atoms with Crippen molar-refractivity contribution in [3.63, 3.8) is 0 Å². The number of anilines is 2. The second-order valence-corrected chi connectivity index (χ2v) is 5.12. The summed E-state index contributed by atoms with van der Waals surface area (Å²) in [5.41, 5.74) is 7.66. The number of benzene rings is 2. The lowest BCUT2D eigenvalue weighted by atomic mass is 10.1. The van der Waals surface area contributed by atoms with Gasteiger partial charge in [-0.05, 0) is 46.3 Å². The highest BCUT2D eigenvalue weighted by atomic mass is 79.9. The third kappa shape index (κ3) is 2.77. The van der Waals surface area contributed by atoms with E-state index in [9.17, 15) is 4.79 Å². The van der Waals surface area contributed by atoms with E-state index in [0.717, 1.165) is 0 Å². The number of carbonyl (C=O) groups is 1. The molecule has 104 valence electrons. The van der Waals surface area contributed by atoms with Gasteiger partial charge >= 0.3 is 0 Å². The number of nitrogens with two attached hydrogens (primary N) is 1. The lowest BCUT2D eigenvalue weighted by molar-refractivity contribution is 0.0992. The molecule has 0 aliphatic rings. The molecule has 20 heavy (non-hydrogen) atoms. The van der Waals surface area contributed by atoms with E-state index in [1.54, 1.807) is 44.5 Å². The first kappa shape index (κ1) is 14.4. The molecule has 5 heteroatoms. The van der Waals surface area contributed by atoms with Crippen LogP contribution < -0.4 is 15.4 Å². The maximum Gasteiger partial charge on any atom is 0.259 e. The van der Waals surface area contributed by atoms with Crippen molar-refractivity contribution in [1.82, 2.24) is 0 Å². The van der Waals surface area contributed by atoms with Gasteiger partial charge < -0.3 is 15.4 Å². The van der Waals surface area contributed by atoms with E-state index >= 15 is 0 Å². The van der Waals surface area contributed by atoms with Crippen LogP contribution in [0.4, 0.5) is 11.4 Å². The van der Waals surface area contributed by atoms with Crippen LogP contribution in [0.5, 0.6) is 5.75 Å². The summed E-state index contributed by atoms with van der Waals surface area (Å²) in [6.45, 7) is 0. The van der Waals surface area contributed by atoms with Gasteiger partial charge in [-0.15, -0.1) is 0 Å². The van der Waals surface area contributed by atoms with Gasteiger partial charge in [-0.3, -0.25) is 4.79 Å². The van der Waals surface area contributed by atoms with E-state index in [1.165, 1.54) is 4.90 Å². The van der Waals surface area contributed by atoms with Crippen LogP contribution in [0.2, 0.25) is 0 Å². The van der Waals surface area contributed by atoms with Crippen molar-refractivity contribution >= 4 is 33.2 Å². The van der Waals surface area contributed by atoms with Gasteiger partial charge in [-0.25, -0.2) is 0 Å². The number of hydrogen-bond acceptors (Lipinski definition) is 3. The van der Waals surface area contributed by atoms with Gasteiger partial charge in [0.2, 0.25) is 0 Å². The zero-order valence-corrected chi connectivity index (χ0v) is 12.8. The van der Waals surface area contributed by atoms with E-state index in [0.29, 0.717) is 27.2 Å². The number of ether oxygens (including phenoxy) is 1. The number of hydrogen-bond donors (Lipinski definition) is 1. The molecular weight excluding hydrogens is 320 g/mol. The van der Waals surface area contributed by atoms with E-state index in [2.05, 4.69) is 15.9 Å². The highest BCUT2D eigenvalue weighted by molar-refractivity contribution is 9.10. The lowest BCUT2D eigenvalue weighted by Gasteiger charge is -2.20. The molecule has 0 unspecified atom stereocenters. The topological polar surface area (TPSA) is 55.6 Å². The average molecular weight is 335 g/mol. The van der Waals surface area contributed by atoms with Crippen LogP contribution in [0.1, 0.15) is 10.4 Å². The van der Waals surface area contributed by atoms with Gasteiger partial charge in [-0.1, -0.05) is 12.1 Å². The van der Waals surface area contributed by atoms with Crippen LogP contribution in [-0.4, -0.2) is 20.1 Å². The predicted octanol–water partition coefficient (Wildman–Crippen LogP) is 3.32. The number of nitrogens with zero attached hydrogens (tertiary/aromatic N) is 1. The second-order valence-electron chi connectivity index (χ2n) is 4.27. The third-order valence-corrected chi connectivity index (χ3v) is 3.70. The number of carbonyl (C=O) groups excluding carboxylic acids is 1. The normalized spacial score (nSPS) is 10.2. The molecular formula is C15H15BrN2O2. The summed E-state index contributed by atoms with van der Waals surface area (Å²) in [7, 11) is 3.26. The van der Waals surface area contributed by atoms with Crippen LogP contribution in [0.25, 0.3) is 0 Å². The summed E-state index contributed by atoms with van der Waals surface area (Å²) in [5, 5.41) is 0. The van der Waals surface area contributed by atoms with Crippen LogP contribution in [0, 0.1) is 0 Å².